The lowest BCUT2D eigenvalue weighted by molar-refractivity contribution is 0.698. The van der Waals surface area contributed by atoms with Crippen molar-refractivity contribution in [2.75, 3.05) is 24.5 Å². The molecule has 4 nitrogen and oxygen atoms in total. The molecule has 0 radical (unpaired) electrons. The minimum absolute atomic E-state index is 0.557. The van der Waals surface area contributed by atoms with E-state index < -0.39 is 0 Å². The third kappa shape index (κ3) is 4.01. The topological polar surface area (TPSA) is 55.0 Å². The third-order valence-electron chi connectivity index (χ3n) is 2.07. The Morgan fingerprint density at radius 3 is 2.53 bits per heavy atom. The van der Waals surface area contributed by atoms with Gasteiger partial charge in [0, 0.05) is 19.6 Å². The second-order valence-electron chi connectivity index (χ2n) is 3.33. The van der Waals surface area contributed by atoms with Crippen LogP contribution < -0.4 is 10.6 Å². The molecule has 1 aromatic heterocycles. The molecule has 5 heteroatoms. The van der Waals surface area contributed by atoms with E-state index in [9.17, 15) is 0 Å². The molecule has 2 N–H and O–H groups in total. The Kier molecular flexibility index (Phi) is 5.36. The SMILES string of the molecule is CCCCN(CCN)c1ncc(Cl)cn1. The fourth-order valence-corrected chi connectivity index (χ4v) is 1.38. The lowest BCUT2D eigenvalue weighted by atomic mass is 10.3. The first-order chi connectivity index (χ1) is 7.27. The Labute approximate surface area is 95.5 Å². The summed E-state index contributed by atoms with van der Waals surface area (Å²) in [6, 6.07) is 0. The van der Waals surface area contributed by atoms with Gasteiger partial charge in [0.2, 0.25) is 5.95 Å². The molecule has 1 heterocycles. The highest BCUT2D eigenvalue weighted by Crippen LogP contribution is 2.10. The molecule has 0 saturated carbocycles. The predicted molar refractivity (Wildman–Crippen MR) is 63.2 cm³/mol. The van der Waals surface area contributed by atoms with Crippen LogP contribution in [-0.2, 0) is 0 Å². The molecule has 0 saturated heterocycles. The van der Waals surface area contributed by atoms with Crippen LogP contribution in [0.2, 0.25) is 5.02 Å². The average molecular weight is 229 g/mol. The Bertz CT molecular complexity index is 275. The Hall–Kier alpha value is -0.870. The molecule has 0 unspecified atom stereocenters. The predicted octanol–water partition coefficient (Wildman–Crippen LogP) is 1.70. The van der Waals surface area contributed by atoms with Gasteiger partial charge in [-0.15, -0.1) is 0 Å². The van der Waals surface area contributed by atoms with Crippen molar-refractivity contribution >= 4 is 17.5 Å². The van der Waals surface area contributed by atoms with Crippen molar-refractivity contribution in [3.63, 3.8) is 0 Å². The van der Waals surface area contributed by atoms with E-state index in [0.29, 0.717) is 17.5 Å². The molecule has 0 aliphatic carbocycles. The van der Waals surface area contributed by atoms with E-state index >= 15 is 0 Å². The standard InChI is InChI=1S/C10H17ClN4/c1-2-3-5-15(6-4-12)10-13-7-9(11)8-14-10/h7-8H,2-6,12H2,1H3. The highest BCUT2D eigenvalue weighted by Gasteiger charge is 2.07. The Balaban J connectivity index is 2.65. The number of halogens is 1. The van der Waals surface area contributed by atoms with Crippen LogP contribution in [0.3, 0.4) is 0 Å². The first kappa shape index (κ1) is 12.2. The van der Waals surface area contributed by atoms with Crippen LogP contribution in [0.5, 0.6) is 0 Å². The molecule has 0 aliphatic heterocycles. The zero-order valence-corrected chi connectivity index (χ0v) is 9.74. The van der Waals surface area contributed by atoms with Crippen molar-refractivity contribution in [2.24, 2.45) is 5.73 Å². The Morgan fingerprint density at radius 2 is 2.00 bits per heavy atom. The van der Waals surface area contributed by atoms with Crippen molar-refractivity contribution in [3.8, 4) is 0 Å². The summed E-state index contributed by atoms with van der Waals surface area (Å²) >= 11 is 5.73. The monoisotopic (exact) mass is 228 g/mol. The molecule has 0 atom stereocenters. The zero-order chi connectivity index (χ0) is 11.1. The summed E-state index contributed by atoms with van der Waals surface area (Å²) in [7, 11) is 0. The zero-order valence-electron chi connectivity index (χ0n) is 8.99. The lowest BCUT2D eigenvalue weighted by Crippen LogP contribution is -2.31. The van der Waals surface area contributed by atoms with Gasteiger partial charge in [-0.3, -0.25) is 0 Å². The van der Waals surface area contributed by atoms with E-state index in [4.69, 9.17) is 17.3 Å². The summed E-state index contributed by atoms with van der Waals surface area (Å²) in [4.78, 5) is 10.4. The second-order valence-corrected chi connectivity index (χ2v) is 3.77. The van der Waals surface area contributed by atoms with Gasteiger partial charge in [0.25, 0.3) is 0 Å². The van der Waals surface area contributed by atoms with Gasteiger partial charge in [-0.2, -0.15) is 0 Å². The summed E-state index contributed by atoms with van der Waals surface area (Å²) in [5.74, 6) is 0.707. The van der Waals surface area contributed by atoms with Gasteiger partial charge in [-0.1, -0.05) is 24.9 Å². The van der Waals surface area contributed by atoms with Crippen LogP contribution in [0.4, 0.5) is 5.95 Å². The van der Waals surface area contributed by atoms with Crippen molar-refractivity contribution < 1.29 is 0 Å². The quantitative estimate of drug-likeness (QED) is 0.805. The summed E-state index contributed by atoms with van der Waals surface area (Å²) in [5.41, 5.74) is 5.55. The second kappa shape index (κ2) is 6.58. The van der Waals surface area contributed by atoms with Crippen LogP contribution >= 0.6 is 11.6 Å². The Morgan fingerprint density at radius 1 is 1.33 bits per heavy atom. The molecule has 1 rings (SSSR count). The van der Waals surface area contributed by atoms with E-state index in [1.54, 1.807) is 12.4 Å². The van der Waals surface area contributed by atoms with Gasteiger partial charge in [-0.25, -0.2) is 9.97 Å². The number of anilines is 1. The molecule has 0 aliphatic rings. The van der Waals surface area contributed by atoms with Crippen LogP contribution in [-0.4, -0.2) is 29.6 Å². The first-order valence-electron chi connectivity index (χ1n) is 5.20. The summed E-state index contributed by atoms with van der Waals surface area (Å²) in [6.07, 6.45) is 5.49. The molecule has 84 valence electrons. The van der Waals surface area contributed by atoms with Crippen LogP contribution in [0.25, 0.3) is 0 Å². The third-order valence-corrected chi connectivity index (χ3v) is 2.27. The molecule has 15 heavy (non-hydrogen) atoms. The van der Waals surface area contributed by atoms with Crippen LogP contribution in [0.15, 0.2) is 12.4 Å². The normalized spacial score (nSPS) is 10.3. The minimum atomic E-state index is 0.557. The molecule has 0 fully saturated rings. The van der Waals surface area contributed by atoms with E-state index in [2.05, 4.69) is 21.8 Å². The van der Waals surface area contributed by atoms with Crippen molar-refractivity contribution in [1.82, 2.24) is 9.97 Å². The summed E-state index contributed by atoms with van der Waals surface area (Å²) in [6.45, 7) is 4.48. The van der Waals surface area contributed by atoms with E-state index in [-0.39, 0.29) is 0 Å². The van der Waals surface area contributed by atoms with Crippen LogP contribution in [0.1, 0.15) is 19.8 Å². The smallest absolute Gasteiger partial charge is 0.225 e. The van der Waals surface area contributed by atoms with Gasteiger partial charge >= 0.3 is 0 Å². The first-order valence-corrected chi connectivity index (χ1v) is 5.58. The molecular formula is C10H17ClN4. The molecule has 0 spiro atoms. The maximum Gasteiger partial charge on any atom is 0.225 e. The number of hydrogen-bond acceptors (Lipinski definition) is 4. The van der Waals surface area contributed by atoms with E-state index in [0.717, 1.165) is 25.9 Å². The van der Waals surface area contributed by atoms with Crippen molar-refractivity contribution in [2.45, 2.75) is 19.8 Å². The van der Waals surface area contributed by atoms with Gasteiger partial charge in [0.05, 0.1) is 17.4 Å². The average Bonchev–Trinajstić information content (AvgIpc) is 2.25. The highest BCUT2D eigenvalue weighted by molar-refractivity contribution is 6.30. The number of hydrogen-bond donors (Lipinski definition) is 1. The number of nitrogens with two attached hydrogens (primary N) is 1. The number of unbranched alkanes of at least 4 members (excludes halogenated alkanes) is 1. The fraction of sp³-hybridized carbons (Fsp3) is 0.600. The molecule has 0 aromatic carbocycles. The molecule has 0 amide bonds. The van der Waals surface area contributed by atoms with Gasteiger partial charge in [0.15, 0.2) is 0 Å². The fourth-order valence-electron chi connectivity index (χ4n) is 1.29. The maximum atomic E-state index is 5.73. The highest BCUT2D eigenvalue weighted by atomic mass is 35.5. The number of nitrogens with zero attached hydrogens (tertiary/aromatic N) is 3. The largest absolute Gasteiger partial charge is 0.340 e. The summed E-state index contributed by atoms with van der Waals surface area (Å²) < 4.78 is 0. The molecular weight excluding hydrogens is 212 g/mol. The number of rotatable bonds is 6. The van der Waals surface area contributed by atoms with Gasteiger partial charge in [-0.05, 0) is 6.42 Å². The molecule has 0 bridgehead atoms. The van der Waals surface area contributed by atoms with Crippen molar-refractivity contribution in [1.29, 1.82) is 0 Å². The van der Waals surface area contributed by atoms with E-state index in [1.165, 1.54) is 0 Å². The number of aromatic nitrogens is 2. The minimum Gasteiger partial charge on any atom is -0.340 e. The lowest BCUT2D eigenvalue weighted by Gasteiger charge is -2.21. The van der Waals surface area contributed by atoms with Crippen molar-refractivity contribution in [3.05, 3.63) is 17.4 Å². The maximum absolute atomic E-state index is 5.73. The van der Waals surface area contributed by atoms with Gasteiger partial charge < -0.3 is 10.6 Å². The molecule has 1 aromatic rings. The van der Waals surface area contributed by atoms with E-state index in [1.807, 2.05) is 0 Å². The summed E-state index contributed by atoms with van der Waals surface area (Å²) in [5, 5.41) is 0.557. The van der Waals surface area contributed by atoms with Crippen LogP contribution in [0, 0.1) is 0 Å². The van der Waals surface area contributed by atoms with Gasteiger partial charge in [0.1, 0.15) is 0 Å².